The second-order valence-corrected chi connectivity index (χ2v) is 7.64. The highest BCUT2D eigenvalue weighted by Gasteiger charge is 2.36. The maximum atomic E-state index is 12.6. The summed E-state index contributed by atoms with van der Waals surface area (Å²) in [6.45, 7) is 3.98. The highest BCUT2D eigenvalue weighted by Crippen LogP contribution is 2.24. The first-order valence-electron chi connectivity index (χ1n) is 6.96. The molecule has 2 fully saturated rings. The van der Waals surface area contributed by atoms with Gasteiger partial charge in [0, 0.05) is 26.2 Å². The van der Waals surface area contributed by atoms with Gasteiger partial charge in [0.1, 0.15) is 0 Å². The fourth-order valence-corrected chi connectivity index (χ4v) is 4.76. The molecule has 7 heteroatoms. The first kappa shape index (κ1) is 14.7. The lowest BCUT2D eigenvalue weighted by Gasteiger charge is -2.37. The third kappa shape index (κ3) is 3.27. The quantitative estimate of drug-likeness (QED) is 0.803. The van der Waals surface area contributed by atoms with Crippen LogP contribution in [0.2, 0.25) is 0 Å². The van der Waals surface area contributed by atoms with E-state index in [0.717, 1.165) is 12.8 Å². The van der Waals surface area contributed by atoms with Crippen LogP contribution in [0.4, 0.5) is 0 Å². The molecule has 6 nitrogen and oxygen atoms in total. The molecule has 2 aliphatic heterocycles. The molecule has 0 aromatic carbocycles. The van der Waals surface area contributed by atoms with Crippen LogP contribution in [0.15, 0.2) is 0 Å². The predicted molar refractivity (Wildman–Crippen MR) is 72.4 cm³/mol. The zero-order valence-corrected chi connectivity index (χ0v) is 12.2. The summed E-state index contributed by atoms with van der Waals surface area (Å²) in [5, 5.41) is 0. The molecular weight excluding hydrogens is 266 g/mol. The Hall–Kier alpha value is -0.660. The van der Waals surface area contributed by atoms with Gasteiger partial charge in [-0.3, -0.25) is 4.79 Å². The zero-order chi connectivity index (χ0) is 14.0. The molecular formula is C12H23N3O3S. The van der Waals surface area contributed by atoms with Crippen molar-refractivity contribution in [3.63, 3.8) is 0 Å². The van der Waals surface area contributed by atoms with Crippen LogP contribution in [-0.2, 0) is 15.0 Å². The van der Waals surface area contributed by atoms with Gasteiger partial charge in [0.05, 0.1) is 5.92 Å². The summed E-state index contributed by atoms with van der Waals surface area (Å²) in [6, 6.07) is 0. The van der Waals surface area contributed by atoms with Gasteiger partial charge < -0.3 is 5.73 Å². The summed E-state index contributed by atoms with van der Waals surface area (Å²) in [5.41, 5.74) is 5.30. The summed E-state index contributed by atoms with van der Waals surface area (Å²) in [5.74, 6) is -0.335. The second-order valence-electron chi connectivity index (χ2n) is 5.71. The molecule has 2 N–H and O–H groups in total. The summed E-state index contributed by atoms with van der Waals surface area (Å²) >= 11 is 0. The van der Waals surface area contributed by atoms with E-state index >= 15 is 0 Å². The average molecular weight is 289 g/mol. The Morgan fingerprint density at radius 2 is 1.68 bits per heavy atom. The van der Waals surface area contributed by atoms with Gasteiger partial charge in [0.15, 0.2) is 0 Å². The molecule has 2 heterocycles. The third-order valence-corrected chi connectivity index (χ3v) is 6.03. The number of nitrogens with two attached hydrogens (primary N) is 1. The van der Waals surface area contributed by atoms with Crippen molar-refractivity contribution in [2.45, 2.75) is 32.6 Å². The molecule has 0 unspecified atom stereocenters. The number of hydrogen-bond donors (Lipinski definition) is 1. The molecule has 0 spiro atoms. The van der Waals surface area contributed by atoms with E-state index in [1.807, 2.05) is 0 Å². The van der Waals surface area contributed by atoms with Gasteiger partial charge >= 0.3 is 0 Å². The van der Waals surface area contributed by atoms with Gasteiger partial charge in [0.2, 0.25) is 5.91 Å². The Bertz CT molecular complexity index is 438. The number of carbonyl (C=O) groups is 1. The number of nitrogens with zero attached hydrogens (tertiary/aromatic N) is 2. The Kier molecular flexibility index (Phi) is 4.47. The monoisotopic (exact) mass is 289 g/mol. The maximum absolute atomic E-state index is 12.6. The van der Waals surface area contributed by atoms with Gasteiger partial charge in [-0.25, -0.2) is 0 Å². The van der Waals surface area contributed by atoms with Crippen LogP contribution >= 0.6 is 0 Å². The largest absolute Gasteiger partial charge is 0.369 e. The molecule has 110 valence electrons. The summed E-state index contributed by atoms with van der Waals surface area (Å²) < 4.78 is 28.1. The Morgan fingerprint density at radius 1 is 1.11 bits per heavy atom. The average Bonchev–Trinajstić information content (AvgIpc) is 2.39. The minimum Gasteiger partial charge on any atom is -0.369 e. The fraction of sp³-hybridized carbons (Fsp3) is 0.917. The highest BCUT2D eigenvalue weighted by atomic mass is 32.2. The molecule has 0 aliphatic carbocycles. The van der Waals surface area contributed by atoms with E-state index < -0.39 is 16.1 Å². The maximum Gasteiger partial charge on any atom is 0.282 e. The molecule has 0 aromatic rings. The van der Waals surface area contributed by atoms with Crippen molar-refractivity contribution < 1.29 is 13.2 Å². The molecule has 2 saturated heterocycles. The molecule has 0 saturated carbocycles. The first-order chi connectivity index (χ1) is 8.91. The van der Waals surface area contributed by atoms with E-state index in [9.17, 15) is 13.2 Å². The number of rotatable bonds is 3. The SMILES string of the molecule is C[C@H]1CCCN(S(=O)(=O)N2CCC[C@H](C(N)=O)C2)C1. The van der Waals surface area contributed by atoms with Crippen molar-refractivity contribution in [3.8, 4) is 0 Å². The van der Waals surface area contributed by atoms with E-state index in [1.54, 1.807) is 4.31 Å². The smallest absolute Gasteiger partial charge is 0.282 e. The molecule has 0 bridgehead atoms. The van der Waals surface area contributed by atoms with E-state index in [0.29, 0.717) is 38.4 Å². The lowest BCUT2D eigenvalue weighted by Crippen LogP contribution is -2.52. The van der Waals surface area contributed by atoms with Gasteiger partial charge in [0.25, 0.3) is 10.2 Å². The van der Waals surface area contributed by atoms with Gasteiger partial charge in [-0.2, -0.15) is 17.0 Å². The van der Waals surface area contributed by atoms with Crippen LogP contribution in [0.25, 0.3) is 0 Å². The molecule has 2 atom stereocenters. The van der Waals surface area contributed by atoms with Crippen LogP contribution in [0, 0.1) is 11.8 Å². The molecule has 19 heavy (non-hydrogen) atoms. The van der Waals surface area contributed by atoms with Gasteiger partial charge in [-0.15, -0.1) is 0 Å². The standard InChI is InChI=1S/C12H23N3O3S/c1-10-4-2-6-14(8-10)19(17,18)15-7-3-5-11(9-15)12(13)16/h10-11H,2-9H2,1H3,(H2,13,16)/t10-,11-/m0/s1. The van der Waals surface area contributed by atoms with Crippen molar-refractivity contribution in [2.75, 3.05) is 26.2 Å². The van der Waals surface area contributed by atoms with Gasteiger partial charge in [-0.05, 0) is 31.6 Å². The summed E-state index contributed by atoms with van der Waals surface area (Å²) in [6.07, 6.45) is 3.39. The summed E-state index contributed by atoms with van der Waals surface area (Å²) in [4.78, 5) is 11.2. The third-order valence-electron chi connectivity index (χ3n) is 4.06. The number of primary amides is 1. The summed E-state index contributed by atoms with van der Waals surface area (Å²) in [7, 11) is -3.43. The lowest BCUT2D eigenvalue weighted by atomic mass is 9.99. The topological polar surface area (TPSA) is 83.7 Å². The Morgan fingerprint density at radius 3 is 2.26 bits per heavy atom. The van der Waals surface area contributed by atoms with Crippen molar-refractivity contribution in [3.05, 3.63) is 0 Å². The molecule has 0 radical (unpaired) electrons. The highest BCUT2D eigenvalue weighted by molar-refractivity contribution is 7.86. The van der Waals surface area contributed by atoms with Crippen molar-refractivity contribution in [2.24, 2.45) is 17.6 Å². The van der Waals surface area contributed by atoms with Crippen LogP contribution in [-0.4, -0.2) is 49.1 Å². The van der Waals surface area contributed by atoms with E-state index in [1.165, 1.54) is 4.31 Å². The molecule has 1 amide bonds. The zero-order valence-electron chi connectivity index (χ0n) is 11.4. The minimum atomic E-state index is -3.43. The Labute approximate surface area is 115 Å². The number of amides is 1. The Balaban J connectivity index is 2.08. The van der Waals surface area contributed by atoms with E-state index in [4.69, 9.17) is 5.73 Å². The van der Waals surface area contributed by atoms with Crippen LogP contribution in [0.3, 0.4) is 0 Å². The van der Waals surface area contributed by atoms with E-state index in [-0.39, 0.29) is 12.5 Å². The minimum absolute atomic E-state index is 0.239. The van der Waals surface area contributed by atoms with Crippen LogP contribution in [0.1, 0.15) is 32.6 Å². The van der Waals surface area contributed by atoms with Crippen LogP contribution in [0.5, 0.6) is 0 Å². The van der Waals surface area contributed by atoms with Crippen molar-refractivity contribution >= 4 is 16.1 Å². The number of carbonyl (C=O) groups excluding carboxylic acids is 1. The van der Waals surface area contributed by atoms with Gasteiger partial charge in [-0.1, -0.05) is 6.92 Å². The molecule has 2 rings (SSSR count). The lowest BCUT2D eigenvalue weighted by molar-refractivity contribution is -0.122. The van der Waals surface area contributed by atoms with Crippen LogP contribution < -0.4 is 5.73 Å². The van der Waals surface area contributed by atoms with Crippen molar-refractivity contribution in [1.82, 2.24) is 8.61 Å². The molecule has 0 aromatic heterocycles. The first-order valence-corrected chi connectivity index (χ1v) is 8.35. The normalized spacial score (nSPS) is 31.2. The predicted octanol–water partition coefficient (Wildman–Crippen LogP) is 0.160. The van der Waals surface area contributed by atoms with Crippen molar-refractivity contribution in [1.29, 1.82) is 0 Å². The number of hydrogen-bond acceptors (Lipinski definition) is 3. The number of piperidine rings is 2. The van der Waals surface area contributed by atoms with E-state index in [2.05, 4.69) is 6.92 Å². The second kappa shape index (κ2) is 5.76. The fourth-order valence-electron chi connectivity index (χ4n) is 2.90. The molecule has 2 aliphatic rings.